The van der Waals surface area contributed by atoms with Crippen LogP contribution < -0.4 is 5.32 Å². The maximum Gasteiger partial charge on any atom is 0.272 e. The van der Waals surface area contributed by atoms with Crippen LogP contribution in [0.15, 0.2) is 41.0 Å². The van der Waals surface area contributed by atoms with Gasteiger partial charge in [0.05, 0.1) is 0 Å². The Kier molecular flexibility index (Phi) is 3.54. The van der Waals surface area contributed by atoms with Crippen LogP contribution >= 0.6 is 27.5 Å². The zero-order chi connectivity index (χ0) is 12.4. The van der Waals surface area contributed by atoms with Gasteiger partial charge >= 0.3 is 0 Å². The molecule has 0 fully saturated rings. The normalized spacial score (nSPS) is 10.3. The summed E-state index contributed by atoms with van der Waals surface area (Å²) in [6, 6.07) is 8.81. The molecule has 0 aliphatic heterocycles. The maximum atomic E-state index is 12.0. The number of carbonyl (C=O) groups is 1. The average molecular weight is 314 g/mol. The molecule has 0 radical (unpaired) electrons. The topological polar surface area (TPSA) is 34.0 Å². The van der Waals surface area contributed by atoms with Gasteiger partial charge in [0.2, 0.25) is 0 Å². The van der Waals surface area contributed by atoms with Gasteiger partial charge in [-0.3, -0.25) is 4.79 Å². The minimum Gasteiger partial charge on any atom is -0.345 e. The Morgan fingerprint density at radius 2 is 2.18 bits per heavy atom. The van der Waals surface area contributed by atoms with Gasteiger partial charge in [0.15, 0.2) is 0 Å². The van der Waals surface area contributed by atoms with E-state index in [2.05, 4.69) is 21.2 Å². The summed E-state index contributed by atoms with van der Waals surface area (Å²) in [5.74, 6) is -0.166. The number of nitrogens with one attached hydrogen (secondary N) is 1. The van der Waals surface area contributed by atoms with Gasteiger partial charge in [0.25, 0.3) is 5.91 Å². The fraction of sp³-hybridized carbons (Fsp3) is 0.0833. The van der Waals surface area contributed by atoms with Crippen molar-refractivity contribution in [3.63, 3.8) is 0 Å². The molecular weight excluding hydrogens is 304 g/mol. The number of halogens is 2. The Balaban J connectivity index is 2.20. The Bertz CT molecular complexity index is 565. The number of amides is 1. The van der Waals surface area contributed by atoms with Crippen LogP contribution in [0.3, 0.4) is 0 Å². The van der Waals surface area contributed by atoms with Crippen molar-refractivity contribution >= 4 is 39.1 Å². The van der Waals surface area contributed by atoms with E-state index in [-0.39, 0.29) is 5.91 Å². The highest BCUT2D eigenvalue weighted by Gasteiger charge is 2.11. The van der Waals surface area contributed by atoms with Crippen molar-refractivity contribution in [1.29, 1.82) is 0 Å². The number of anilines is 1. The van der Waals surface area contributed by atoms with Gasteiger partial charge in [-0.25, -0.2) is 0 Å². The molecule has 88 valence electrons. The number of carbonyl (C=O) groups excluding carboxylic acids is 1. The number of hydrogen-bond acceptors (Lipinski definition) is 1. The van der Waals surface area contributed by atoms with Crippen molar-refractivity contribution < 1.29 is 4.79 Å². The Morgan fingerprint density at radius 1 is 1.41 bits per heavy atom. The highest BCUT2D eigenvalue weighted by atomic mass is 79.9. The molecule has 0 aliphatic carbocycles. The highest BCUT2D eigenvalue weighted by molar-refractivity contribution is 9.10. The first-order chi connectivity index (χ1) is 8.06. The van der Waals surface area contributed by atoms with E-state index in [0.717, 1.165) is 4.47 Å². The van der Waals surface area contributed by atoms with Crippen molar-refractivity contribution in [1.82, 2.24) is 4.57 Å². The predicted molar refractivity (Wildman–Crippen MR) is 72.5 cm³/mol. The van der Waals surface area contributed by atoms with E-state index in [1.807, 2.05) is 13.2 Å². The summed E-state index contributed by atoms with van der Waals surface area (Å²) in [6.45, 7) is 0. The molecule has 2 aromatic rings. The van der Waals surface area contributed by atoms with Crippen molar-refractivity contribution in [2.45, 2.75) is 0 Å². The second-order valence-electron chi connectivity index (χ2n) is 3.62. The summed E-state index contributed by atoms with van der Waals surface area (Å²) in [5.41, 5.74) is 1.26. The number of benzene rings is 1. The van der Waals surface area contributed by atoms with E-state index in [9.17, 15) is 4.79 Å². The molecule has 0 aliphatic rings. The quantitative estimate of drug-likeness (QED) is 0.901. The van der Waals surface area contributed by atoms with E-state index in [1.54, 1.807) is 34.9 Å². The van der Waals surface area contributed by atoms with Crippen LogP contribution in [0.25, 0.3) is 0 Å². The highest BCUT2D eigenvalue weighted by Crippen LogP contribution is 2.18. The number of hydrogen-bond donors (Lipinski definition) is 1. The Hall–Kier alpha value is -1.26. The van der Waals surface area contributed by atoms with Crippen LogP contribution in [0.1, 0.15) is 10.5 Å². The largest absolute Gasteiger partial charge is 0.345 e. The van der Waals surface area contributed by atoms with Gasteiger partial charge in [-0.15, -0.1) is 0 Å². The van der Waals surface area contributed by atoms with Crippen molar-refractivity contribution in [2.75, 3.05) is 5.32 Å². The molecule has 17 heavy (non-hydrogen) atoms. The summed E-state index contributed by atoms with van der Waals surface area (Å²) in [6.07, 6.45) is 1.83. The summed E-state index contributed by atoms with van der Waals surface area (Å²) >= 11 is 9.17. The molecule has 1 N–H and O–H groups in total. The number of rotatable bonds is 2. The van der Waals surface area contributed by atoms with Gasteiger partial charge < -0.3 is 9.88 Å². The third-order valence-corrected chi connectivity index (χ3v) is 2.96. The third-order valence-electron chi connectivity index (χ3n) is 2.29. The van der Waals surface area contributed by atoms with Crippen molar-refractivity contribution in [3.05, 3.63) is 51.7 Å². The number of nitrogens with zero attached hydrogens (tertiary/aromatic N) is 1. The Morgan fingerprint density at radius 3 is 2.76 bits per heavy atom. The summed E-state index contributed by atoms with van der Waals surface area (Å²) in [7, 11) is 1.82. The lowest BCUT2D eigenvalue weighted by molar-refractivity contribution is 0.101. The number of aromatic nitrogens is 1. The molecule has 5 heteroatoms. The van der Waals surface area contributed by atoms with Crippen molar-refractivity contribution in [2.24, 2.45) is 7.05 Å². The average Bonchev–Trinajstić information content (AvgIpc) is 2.58. The minimum atomic E-state index is -0.166. The van der Waals surface area contributed by atoms with E-state index in [4.69, 9.17) is 11.6 Å². The van der Waals surface area contributed by atoms with Crippen molar-refractivity contribution in [3.8, 4) is 0 Å². The van der Waals surface area contributed by atoms with E-state index >= 15 is 0 Å². The van der Waals surface area contributed by atoms with E-state index in [1.165, 1.54) is 0 Å². The molecule has 1 aromatic carbocycles. The molecule has 1 heterocycles. The fourth-order valence-electron chi connectivity index (χ4n) is 1.51. The van der Waals surface area contributed by atoms with Crippen LogP contribution in [0.2, 0.25) is 5.02 Å². The van der Waals surface area contributed by atoms with E-state index < -0.39 is 0 Å². The molecule has 0 spiro atoms. The zero-order valence-electron chi connectivity index (χ0n) is 9.08. The SMILES string of the molecule is Cn1cc(Br)cc1C(=O)Nc1cccc(Cl)c1. The van der Waals surface area contributed by atoms with Crippen LogP contribution in [-0.4, -0.2) is 10.5 Å². The second kappa shape index (κ2) is 4.94. The molecule has 0 bridgehead atoms. The van der Waals surface area contributed by atoms with Gasteiger partial charge in [-0.1, -0.05) is 17.7 Å². The van der Waals surface area contributed by atoms with E-state index in [0.29, 0.717) is 16.4 Å². The lowest BCUT2D eigenvalue weighted by atomic mass is 10.3. The lowest BCUT2D eigenvalue weighted by Crippen LogP contribution is -2.15. The van der Waals surface area contributed by atoms with Crippen LogP contribution in [0, 0.1) is 0 Å². The smallest absolute Gasteiger partial charge is 0.272 e. The second-order valence-corrected chi connectivity index (χ2v) is 4.97. The summed E-state index contributed by atoms with van der Waals surface area (Å²) in [4.78, 5) is 12.0. The van der Waals surface area contributed by atoms with Gasteiger partial charge in [-0.2, -0.15) is 0 Å². The molecular formula is C12H10BrClN2O. The molecule has 3 nitrogen and oxygen atoms in total. The molecule has 0 saturated carbocycles. The first kappa shape index (κ1) is 12.2. The monoisotopic (exact) mass is 312 g/mol. The molecule has 1 aromatic heterocycles. The summed E-state index contributed by atoms with van der Waals surface area (Å²) < 4.78 is 2.63. The molecule has 1 amide bonds. The van der Waals surface area contributed by atoms with Gasteiger partial charge in [0, 0.05) is 28.4 Å². The standard InChI is InChI=1S/C12H10BrClN2O/c1-16-7-8(13)5-11(16)12(17)15-10-4-2-3-9(14)6-10/h2-7H,1H3,(H,15,17). The number of aryl methyl sites for hydroxylation is 1. The van der Waals surface area contributed by atoms with Crippen LogP contribution in [-0.2, 0) is 7.05 Å². The first-order valence-electron chi connectivity index (χ1n) is 4.95. The third kappa shape index (κ3) is 2.90. The van der Waals surface area contributed by atoms with Gasteiger partial charge in [-0.05, 0) is 40.2 Å². The maximum absolute atomic E-state index is 12.0. The predicted octanol–water partition coefficient (Wildman–Crippen LogP) is 3.69. The summed E-state index contributed by atoms with van der Waals surface area (Å²) in [5, 5.41) is 3.38. The Labute approximate surface area is 113 Å². The van der Waals surface area contributed by atoms with Gasteiger partial charge in [0.1, 0.15) is 5.69 Å². The molecule has 0 saturated heterocycles. The zero-order valence-corrected chi connectivity index (χ0v) is 11.4. The molecule has 2 rings (SSSR count). The van der Waals surface area contributed by atoms with Crippen LogP contribution in [0.5, 0.6) is 0 Å². The molecule has 0 unspecified atom stereocenters. The first-order valence-corrected chi connectivity index (χ1v) is 6.12. The molecule has 0 atom stereocenters. The van der Waals surface area contributed by atoms with Crippen LogP contribution in [0.4, 0.5) is 5.69 Å². The lowest BCUT2D eigenvalue weighted by Gasteiger charge is -2.06. The minimum absolute atomic E-state index is 0.166. The fourth-order valence-corrected chi connectivity index (χ4v) is 2.23.